The van der Waals surface area contributed by atoms with Gasteiger partial charge in [-0.15, -0.1) is 0 Å². The molecule has 0 spiro atoms. The maximum absolute atomic E-state index is 9.13. The SMILES string of the molecule is [2H]c1c([2H])c([2H])c(-c2ccc3c(c2)c2ccc(Oc4cccc(N5CN(c6c(-c7cccc(C(C)(C)C)c7)cccc6-c6c([2H])c([2H])c([2H])c([2H])c6[2H])c6ccccc65)c4)cc2n3-c2cc(C([2H])([2H])[2H])ccn2)c([2H])c1[2H]. The number of hydrogen-bond acceptors (Lipinski definition) is 4. The van der Waals surface area contributed by atoms with Crippen LogP contribution in [0.3, 0.4) is 0 Å². The number of aryl methyl sites for hydroxylation is 1. The fourth-order valence-electron chi connectivity index (χ4n) is 8.69. The van der Waals surface area contributed by atoms with Gasteiger partial charge in [-0.2, -0.15) is 0 Å². The van der Waals surface area contributed by atoms with Crippen LogP contribution in [0, 0.1) is 6.85 Å². The second-order valence-electron chi connectivity index (χ2n) is 16.8. The van der Waals surface area contributed by atoms with Gasteiger partial charge in [-0.25, -0.2) is 4.98 Å². The summed E-state index contributed by atoms with van der Waals surface area (Å²) in [6.45, 7) is 4.29. The smallest absolute Gasteiger partial charge is 0.137 e. The van der Waals surface area contributed by atoms with Gasteiger partial charge in [0.05, 0.1) is 41.8 Å². The fraction of sp³-hybridized carbons (Fsp3) is 0.102. The molecule has 0 aliphatic carbocycles. The Balaban J connectivity index is 1.02. The Morgan fingerprint density at radius 1 is 0.562 bits per heavy atom. The number of hydrogen-bond donors (Lipinski definition) is 0. The summed E-state index contributed by atoms with van der Waals surface area (Å²) in [6, 6.07) is 39.2. The highest BCUT2D eigenvalue weighted by molar-refractivity contribution is 6.11. The number of aromatic nitrogens is 2. The first-order valence-corrected chi connectivity index (χ1v) is 21.0. The van der Waals surface area contributed by atoms with Gasteiger partial charge in [0.1, 0.15) is 24.0 Å². The lowest BCUT2D eigenvalue weighted by molar-refractivity contribution is 0.483. The summed E-state index contributed by atoms with van der Waals surface area (Å²) < 4.78 is 119. The molecule has 0 fully saturated rings. The first kappa shape index (κ1) is 27.2. The summed E-state index contributed by atoms with van der Waals surface area (Å²) in [6.07, 6.45) is 1.44. The van der Waals surface area contributed by atoms with E-state index in [1.54, 1.807) is 24.3 Å². The maximum atomic E-state index is 9.13. The number of nitrogens with zero attached hydrogens (tertiary/aromatic N) is 4. The first-order valence-electron chi connectivity index (χ1n) is 27.5. The van der Waals surface area contributed by atoms with Crippen LogP contribution in [-0.2, 0) is 5.41 Å². The number of ether oxygens (including phenoxy) is 1. The third kappa shape index (κ3) is 7.05. The first-order chi connectivity index (χ1) is 36.6. The van der Waals surface area contributed by atoms with Crippen molar-refractivity contribution in [2.75, 3.05) is 16.5 Å². The molecule has 0 N–H and O–H groups in total. The van der Waals surface area contributed by atoms with E-state index in [1.807, 2.05) is 95.6 Å². The van der Waals surface area contributed by atoms with Gasteiger partial charge < -0.3 is 14.5 Å². The zero-order valence-corrected chi connectivity index (χ0v) is 35.3. The van der Waals surface area contributed by atoms with Crippen molar-refractivity contribution in [3.05, 3.63) is 217 Å². The molecule has 2 aromatic heterocycles. The molecule has 0 unspecified atom stereocenters. The van der Waals surface area contributed by atoms with Crippen molar-refractivity contribution in [3.63, 3.8) is 0 Å². The van der Waals surface area contributed by atoms with Crippen molar-refractivity contribution in [1.29, 1.82) is 0 Å². The lowest BCUT2D eigenvalue weighted by Crippen LogP contribution is -2.25. The van der Waals surface area contributed by atoms with Gasteiger partial charge in [-0.05, 0) is 106 Å². The zero-order valence-electron chi connectivity index (χ0n) is 48.3. The van der Waals surface area contributed by atoms with E-state index in [2.05, 4.69) is 47.7 Å². The third-order valence-electron chi connectivity index (χ3n) is 11.7. The molecule has 1 aliphatic heterocycles. The Morgan fingerprint density at radius 3 is 2.06 bits per heavy atom. The van der Waals surface area contributed by atoms with Crippen molar-refractivity contribution in [1.82, 2.24) is 9.55 Å². The predicted molar refractivity (Wildman–Crippen MR) is 267 cm³/mol. The minimum absolute atomic E-state index is 0.0504. The summed E-state index contributed by atoms with van der Waals surface area (Å²) >= 11 is 0. The molecule has 10 aromatic rings. The molecule has 0 amide bonds. The van der Waals surface area contributed by atoms with Crippen LogP contribution in [0.5, 0.6) is 11.5 Å². The Hall–Kier alpha value is -7.89. The van der Waals surface area contributed by atoms with Crippen molar-refractivity contribution < 1.29 is 22.6 Å². The van der Waals surface area contributed by atoms with E-state index < -0.39 is 43.1 Å². The molecule has 5 heteroatoms. The van der Waals surface area contributed by atoms with E-state index in [-0.39, 0.29) is 52.9 Å². The standard InChI is InChI=1S/C59H48N4O/c1-40-32-33-60-57(34-40)63-53-31-28-43(41-16-7-5-8-17-41)36-52(53)51-30-29-48(38-56(51)63)64-47-23-14-22-46(37-47)61-39-62(55-27-12-11-26-54(55)61)58-49(42-18-9-6-10-19-42)24-15-25-50(58)44-20-13-21-45(35-44)59(2,3)4/h5-38H,39H2,1-4H3/i1D3,5D,6D,7D,8D,9D,10D,16D,17D,18D,19D. The summed E-state index contributed by atoms with van der Waals surface area (Å²) in [5.74, 6) is 1.25. The van der Waals surface area contributed by atoms with Crippen LogP contribution in [0.15, 0.2) is 206 Å². The van der Waals surface area contributed by atoms with Crippen molar-refractivity contribution in [3.8, 4) is 50.7 Å². The molecular formula is C59H48N4O. The van der Waals surface area contributed by atoms with Gasteiger partial charge in [-0.1, -0.05) is 148 Å². The molecule has 0 atom stereocenters. The van der Waals surface area contributed by atoms with Crippen molar-refractivity contribution >= 4 is 44.6 Å². The molecule has 1 aliphatic rings. The molecule has 0 saturated carbocycles. The average Bonchev–Trinajstić information content (AvgIpc) is 4.02. The summed E-state index contributed by atoms with van der Waals surface area (Å²) in [7, 11) is 0. The van der Waals surface area contributed by atoms with Crippen LogP contribution in [-0.4, -0.2) is 16.2 Å². The third-order valence-corrected chi connectivity index (χ3v) is 11.7. The number of fused-ring (bicyclic) bond motifs is 4. The number of rotatable bonds is 8. The number of anilines is 4. The van der Waals surface area contributed by atoms with Gasteiger partial charge in [0, 0.05) is 50.0 Å². The fourth-order valence-corrected chi connectivity index (χ4v) is 8.69. The lowest BCUT2D eigenvalue weighted by Gasteiger charge is -2.28. The molecule has 0 saturated heterocycles. The zero-order chi connectivity index (χ0) is 54.6. The summed E-state index contributed by atoms with van der Waals surface area (Å²) in [5.41, 5.74) is 8.12. The molecule has 5 nitrogen and oxygen atoms in total. The molecule has 3 heterocycles. The van der Waals surface area contributed by atoms with Gasteiger partial charge in [0.2, 0.25) is 0 Å². The van der Waals surface area contributed by atoms with E-state index in [9.17, 15) is 0 Å². The minimum Gasteiger partial charge on any atom is -0.457 e. The molecule has 64 heavy (non-hydrogen) atoms. The Labute approximate surface area is 393 Å². The van der Waals surface area contributed by atoms with Crippen molar-refractivity contribution in [2.45, 2.75) is 33.0 Å². The number of pyridine rings is 1. The molecule has 8 aromatic carbocycles. The van der Waals surface area contributed by atoms with Crippen LogP contribution >= 0.6 is 0 Å². The van der Waals surface area contributed by atoms with Gasteiger partial charge in [0.15, 0.2) is 0 Å². The Kier molecular flexibility index (Phi) is 6.72. The van der Waals surface area contributed by atoms with Crippen LogP contribution in [0.4, 0.5) is 22.7 Å². The largest absolute Gasteiger partial charge is 0.457 e. The van der Waals surface area contributed by atoms with Gasteiger partial charge in [-0.3, -0.25) is 4.57 Å². The monoisotopic (exact) mass is 841 g/mol. The second kappa shape index (κ2) is 15.8. The normalized spacial score (nSPS) is 15.6. The van der Waals surface area contributed by atoms with Crippen LogP contribution in [0.25, 0.3) is 61.0 Å². The lowest BCUT2D eigenvalue weighted by atomic mass is 9.85. The predicted octanol–water partition coefficient (Wildman–Crippen LogP) is 15.8. The van der Waals surface area contributed by atoms with Crippen LogP contribution in [0.1, 0.15) is 49.7 Å². The van der Waals surface area contributed by atoms with E-state index in [0.29, 0.717) is 55.9 Å². The minimum atomic E-state index is -2.43. The highest BCUT2D eigenvalue weighted by Crippen LogP contribution is 2.50. The van der Waals surface area contributed by atoms with E-state index in [0.717, 1.165) is 33.8 Å². The van der Waals surface area contributed by atoms with Gasteiger partial charge in [0.25, 0.3) is 0 Å². The number of benzene rings is 8. The van der Waals surface area contributed by atoms with E-state index in [1.165, 1.54) is 18.3 Å². The van der Waals surface area contributed by atoms with Crippen LogP contribution in [0.2, 0.25) is 0 Å². The van der Waals surface area contributed by atoms with E-state index in [4.69, 9.17) is 22.6 Å². The Morgan fingerprint density at radius 2 is 1.28 bits per heavy atom. The highest BCUT2D eigenvalue weighted by Gasteiger charge is 2.31. The maximum Gasteiger partial charge on any atom is 0.137 e. The average molecular weight is 842 g/mol. The molecule has 0 bridgehead atoms. The Bertz CT molecular complexity index is 4010. The molecule has 11 rings (SSSR count). The van der Waals surface area contributed by atoms with Gasteiger partial charge >= 0.3 is 0 Å². The van der Waals surface area contributed by atoms with Crippen LogP contribution < -0.4 is 14.5 Å². The molecular weight excluding hydrogens is 781 g/mol. The quantitative estimate of drug-likeness (QED) is 0.153. The van der Waals surface area contributed by atoms with Crippen molar-refractivity contribution in [2.24, 2.45) is 0 Å². The molecule has 0 radical (unpaired) electrons. The topological polar surface area (TPSA) is 33.5 Å². The summed E-state index contributed by atoms with van der Waals surface area (Å²) in [4.78, 5) is 8.88. The molecule has 310 valence electrons. The second-order valence-corrected chi connectivity index (χ2v) is 16.8. The highest BCUT2D eigenvalue weighted by atomic mass is 16.5. The number of para-hydroxylation sites is 3. The summed E-state index contributed by atoms with van der Waals surface area (Å²) in [5, 5.41) is 1.37. The van der Waals surface area contributed by atoms with E-state index >= 15 is 0 Å².